The van der Waals surface area contributed by atoms with Crippen LogP contribution in [0.3, 0.4) is 0 Å². The van der Waals surface area contributed by atoms with Crippen LogP contribution in [0.1, 0.15) is 55.5 Å². The molecule has 7 nitrogen and oxygen atoms in total. The van der Waals surface area contributed by atoms with Gasteiger partial charge >= 0.3 is 0 Å². The van der Waals surface area contributed by atoms with E-state index in [1.54, 1.807) is 13.0 Å². The van der Waals surface area contributed by atoms with Crippen LogP contribution >= 0.6 is 0 Å². The second-order valence-corrected chi connectivity index (χ2v) is 10.5. The molecule has 4 aliphatic rings. The monoisotopic (exact) mass is 447 g/mol. The number of amides is 1. The van der Waals surface area contributed by atoms with E-state index in [1.165, 1.54) is 29.9 Å². The summed E-state index contributed by atoms with van der Waals surface area (Å²) in [6, 6.07) is 8.94. The first-order chi connectivity index (χ1) is 15.9. The predicted molar refractivity (Wildman–Crippen MR) is 123 cm³/mol. The third-order valence-corrected chi connectivity index (χ3v) is 7.80. The summed E-state index contributed by atoms with van der Waals surface area (Å²) in [6.45, 7) is 3.89. The summed E-state index contributed by atoms with van der Waals surface area (Å²) in [5.74, 6) is 3.48. The van der Waals surface area contributed by atoms with Gasteiger partial charge in [-0.15, -0.1) is 4.57 Å². The molecule has 3 aromatic rings. The highest BCUT2D eigenvalue weighted by Gasteiger charge is 2.54. The van der Waals surface area contributed by atoms with Gasteiger partial charge in [-0.1, -0.05) is 6.07 Å². The second kappa shape index (κ2) is 7.47. The van der Waals surface area contributed by atoms with Crippen LogP contribution in [0, 0.1) is 37.0 Å². The second-order valence-electron chi connectivity index (χ2n) is 10.5. The first-order valence-corrected chi connectivity index (χ1v) is 11.9. The van der Waals surface area contributed by atoms with E-state index in [4.69, 9.17) is 9.26 Å². The zero-order chi connectivity index (χ0) is 22.7. The molecule has 2 heterocycles. The highest BCUT2D eigenvalue weighted by molar-refractivity contribution is 5.97. The van der Waals surface area contributed by atoms with Gasteiger partial charge < -0.3 is 14.6 Å². The number of nitrogens with zero attached hydrogens (tertiary/aromatic N) is 2. The maximum atomic E-state index is 13.5. The number of aryl methyl sites for hydroxylation is 2. The van der Waals surface area contributed by atoms with Crippen LogP contribution in [0.5, 0.6) is 5.75 Å². The van der Waals surface area contributed by atoms with Crippen molar-refractivity contribution in [3.05, 3.63) is 57.7 Å². The molecule has 7 rings (SSSR count). The molecule has 2 aromatic heterocycles. The normalized spacial score (nSPS) is 27.8. The third kappa shape index (κ3) is 3.63. The molecule has 1 amide bonds. The number of fused-ring (bicyclic) bond motifs is 1. The summed E-state index contributed by atoms with van der Waals surface area (Å²) in [5.41, 5.74) is 2.17. The lowest BCUT2D eigenvalue weighted by Gasteiger charge is -2.55. The summed E-state index contributed by atoms with van der Waals surface area (Å²) in [6.07, 6.45) is 6.97. The lowest BCUT2D eigenvalue weighted by Crippen LogP contribution is -2.51. The first kappa shape index (κ1) is 20.5. The standard InChI is InChI=1S/C26H29N3O4/c1-15-3-4-21(28-25(31)26-11-17-7-18(12-26)9-19(8-17)13-26)22(5-15)32-14-20-10-24(30)29-23(27-20)6-16(2)33-29/h3-6,10,17-19H,7-9,11-14H2,1-2H3,(H,28,31). The molecule has 0 spiro atoms. The van der Waals surface area contributed by atoms with Gasteiger partial charge in [0.1, 0.15) is 18.1 Å². The van der Waals surface area contributed by atoms with E-state index in [0.29, 0.717) is 46.3 Å². The van der Waals surface area contributed by atoms with Crippen molar-refractivity contribution < 1.29 is 14.1 Å². The molecule has 172 valence electrons. The Morgan fingerprint density at radius 3 is 2.52 bits per heavy atom. The van der Waals surface area contributed by atoms with E-state index in [-0.39, 0.29) is 23.5 Å². The van der Waals surface area contributed by atoms with E-state index in [9.17, 15) is 9.59 Å². The van der Waals surface area contributed by atoms with Crippen molar-refractivity contribution in [1.82, 2.24) is 9.56 Å². The Balaban J connectivity index is 1.23. The van der Waals surface area contributed by atoms with Crippen LogP contribution in [0.2, 0.25) is 0 Å². The molecule has 4 aliphatic carbocycles. The highest BCUT2D eigenvalue weighted by Crippen LogP contribution is 2.60. The van der Waals surface area contributed by atoms with E-state index in [2.05, 4.69) is 10.3 Å². The van der Waals surface area contributed by atoms with Crippen molar-refractivity contribution >= 4 is 17.2 Å². The van der Waals surface area contributed by atoms with Gasteiger partial charge in [0, 0.05) is 12.1 Å². The maximum Gasteiger partial charge on any atom is 0.287 e. The maximum absolute atomic E-state index is 13.5. The first-order valence-electron chi connectivity index (χ1n) is 11.9. The SMILES string of the molecule is Cc1ccc(NC(=O)C23CC4CC(CC(C4)C2)C3)c(OCc2cc(=O)n3oc(C)cc3n2)c1. The van der Waals surface area contributed by atoms with Gasteiger partial charge in [0.25, 0.3) is 5.56 Å². The summed E-state index contributed by atoms with van der Waals surface area (Å²) < 4.78 is 12.6. The number of hydrogen-bond acceptors (Lipinski definition) is 5. The van der Waals surface area contributed by atoms with Gasteiger partial charge in [-0.05, 0) is 87.8 Å². The van der Waals surface area contributed by atoms with Crippen molar-refractivity contribution in [2.75, 3.05) is 5.32 Å². The molecule has 0 aliphatic heterocycles. The minimum atomic E-state index is -0.286. The fourth-order valence-electron chi connectivity index (χ4n) is 6.80. The molecule has 4 bridgehead atoms. The quantitative estimate of drug-likeness (QED) is 0.616. The molecule has 4 saturated carbocycles. The number of carbonyl (C=O) groups excluding carboxylic acids is 1. The lowest BCUT2D eigenvalue weighted by atomic mass is 9.49. The smallest absolute Gasteiger partial charge is 0.287 e. The topological polar surface area (TPSA) is 85.8 Å². The van der Waals surface area contributed by atoms with Crippen LogP contribution in [-0.4, -0.2) is 15.5 Å². The molecule has 7 heteroatoms. The fraction of sp³-hybridized carbons (Fsp3) is 0.500. The molecule has 0 radical (unpaired) electrons. The Kier molecular flexibility index (Phi) is 4.64. The Bertz CT molecular complexity index is 1270. The van der Waals surface area contributed by atoms with Crippen molar-refractivity contribution in [2.45, 2.75) is 59.0 Å². The molecule has 0 unspecified atom stereocenters. The minimum Gasteiger partial charge on any atom is -0.485 e. The number of hydrogen-bond donors (Lipinski definition) is 1. The number of ether oxygens (including phenoxy) is 1. The average Bonchev–Trinajstić information content (AvgIpc) is 3.13. The Labute approximate surface area is 192 Å². The van der Waals surface area contributed by atoms with Crippen molar-refractivity contribution in [2.24, 2.45) is 23.2 Å². The van der Waals surface area contributed by atoms with E-state index >= 15 is 0 Å². The summed E-state index contributed by atoms with van der Waals surface area (Å²) in [5, 5.41) is 3.21. The zero-order valence-electron chi connectivity index (χ0n) is 19.1. The van der Waals surface area contributed by atoms with Crippen LogP contribution in [0.4, 0.5) is 5.69 Å². The molecule has 1 N–H and O–H groups in total. The van der Waals surface area contributed by atoms with Crippen LogP contribution in [0.15, 0.2) is 39.6 Å². The van der Waals surface area contributed by atoms with Gasteiger partial charge in [-0.2, -0.15) is 0 Å². The molecular formula is C26H29N3O4. The molecule has 33 heavy (non-hydrogen) atoms. The van der Waals surface area contributed by atoms with Gasteiger partial charge in [-0.3, -0.25) is 9.59 Å². The van der Waals surface area contributed by atoms with Gasteiger partial charge in [0.15, 0.2) is 5.65 Å². The summed E-state index contributed by atoms with van der Waals surface area (Å²) in [4.78, 5) is 30.3. The van der Waals surface area contributed by atoms with Crippen molar-refractivity contribution in [3.8, 4) is 5.75 Å². The zero-order valence-corrected chi connectivity index (χ0v) is 19.1. The lowest BCUT2D eigenvalue weighted by molar-refractivity contribution is -0.140. The molecular weight excluding hydrogens is 418 g/mol. The highest BCUT2D eigenvalue weighted by atomic mass is 16.5. The fourth-order valence-corrected chi connectivity index (χ4v) is 6.80. The molecule has 0 saturated heterocycles. The van der Waals surface area contributed by atoms with Crippen molar-refractivity contribution in [3.63, 3.8) is 0 Å². The van der Waals surface area contributed by atoms with Crippen LogP contribution < -0.4 is 15.6 Å². The number of carbonyl (C=O) groups is 1. The molecule has 1 aromatic carbocycles. The number of rotatable bonds is 5. The van der Waals surface area contributed by atoms with Gasteiger partial charge in [-0.25, -0.2) is 4.98 Å². The number of benzene rings is 1. The number of aromatic nitrogens is 2. The summed E-state index contributed by atoms with van der Waals surface area (Å²) >= 11 is 0. The minimum absolute atomic E-state index is 0.125. The third-order valence-electron chi connectivity index (χ3n) is 7.80. The Hall–Kier alpha value is -3.09. The number of anilines is 1. The predicted octanol–water partition coefficient (Wildman–Crippen LogP) is 4.64. The average molecular weight is 448 g/mol. The molecule has 0 atom stereocenters. The summed E-state index contributed by atoms with van der Waals surface area (Å²) in [7, 11) is 0. The van der Waals surface area contributed by atoms with Gasteiger partial charge in [0.05, 0.1) is 16.8 Å². The Morgan fingerprint density at radius 2 is 1.82 bits per heavy atom. The van der Waals surface area contributed by atoms with Crippen molar-refractivity contribution in [1.29, 1.82) is 0 Å². The Morgan fingerprint density at radius 1 is 1.12 bits per heavy atom. The van der Waals surface area contributed by atoms with Gasteiger partial charge in [0.2, 0.25) is 5.91 Å². The van der Waals surface area contributed by atoms with E-state index < -0.39 is 0 Å². The van der Waals surface area contributed by atoms with E-state index in [0.717, 1.165) is 24.8 Å². The number of nitrogens with one attached hydrogen (secondary N) is 1. The van der Waals surface area contributed by atoms with Crippen LogP contribution in [0.25, 0.3) is 5.65 Å². The largest absolute Gasteiger partial charge is 0.485 e. The van der Waals surface area contributed by atoms with E-state index in [1.807, 2.05) is 25.1 Å². The molecule has 4 fully saturated rings. The van der Waals surface area contributed by atoms with Crippen LogP contribution in [-0.2, 0) is 11.4 Å².